The number of aromatic nitrogens is 3. The second kappa shape index (κ2) is 5.68. The van der Waals surface area contributed by atoms with Crippen LogP contribution in [0.4, 0.5) is 29.6 Å². The minimum absolute atomic E-state index is 0.221. The van der Waals surface area contributed by atoms with Crippen LogP contribution in [0.5, 0.6) is 0 Å². The van der Waals surface area contributed by atoms with Crippen LogP contribution in [-0.2, 0) is 6.18 Å². The summed E-state index contributed by atoms with van der Waals surface area (Å²) in [6.07, 6.45) is 1.88. The van der Waals surface area contributed by atoms with Gasteiger partial charge in [-0.25, -0.2) is 14.8 Å². The molecule has 1 aliphatic carbocycles. The van der Waals surface area contributed by atoms with Crippen molar-refractivity contribution in [3.63, 3.8) is 0 Å². The number of halogens is 3. The highest BCUT2D eigenvalue weighted by Gasteiger charge is 2.38. The van der Waals surface area contributed by atoms with Crippen molar-refractivity contribution in [1.82, 2.24) is 15.0 Å². The van der Waals surface area contributed by atoms with Gasteiger partial charge in [0.15, 0.2) is 0 Å². The van der Waals surface area contributed by atoms with Crippen molar-refractivity contribution in [3.05, 3.63) is 42.0 Å². The second-order valence-corrected chi connectivity index (χ2v) is 6.03. The van der Waals surface area contributed by atoms with Crippen LogP contribution in [0.3, 0.4) is 0 Å². The monoisotopic (exact) mass is 349 g/mol. The average Bonchev–Trinajstić information content (AvgIpc) is 3.37. The molecule has 4 rings (SSSR count). The average molecular weight is 349 g/mol. The third-order valence-corrected chi connectivity index (χ3v) is 4.32. The molecule has 1 saturated carbocycles. The van der Waals surface area contributed by atoms with Gasteiger partial charge in [0.2, 0.25) is 5.95 Å². The van der Waals surface area contributed by atoms with E-state index in [1.165, 1.54) is 9.80 Å². The number of hydrogen-bond donors (Lipinski definition) is 0. The van der Waals surface area contributed by atoms with Gasteiger partial charge < -0.3 is 0 Å². The zero-order valence-electron chi connectivity index (χ0n) is 13.1. The number of alkyl halides is 3. The zero-order chi connectivity index (χ0) is 17.6. The van der Waals surface area contributed by atoms with Crippen molar-refractivity contribution < 1.29 is 18.0 Å². The molecule has 1 saturated heterocycles. The van der Waals surface area contributed by atoms with E-state index < -0.39 is 17.9 Å². The minimum atomic E-state index is -4.58. The summed E-state index contributed by atoms with van der Waals surface area (Å²) in [5, 5.41) is 0. The molecule has 2 fully saturated rings. The zero-order valence-corrected chi connectivity index (χ0v) is 13.1. The fraction of sp³-hybridized carbons (Fsp3) is 0.375. The molecule has 130 valence electrons. The first-order chi connectivity index (χ1) is 11.9. The Bertz CT molecular complexity index is 821. The van der Waals surface area contributed by atoms with Gasteiger partial charge in [0.25, 0.3) is 0 Å². The summed E-state index contributed by atoms with van der Waals surface area (Å²) in [6.45, 7) is 0.572. The van der Waals surface area contributed by atoms with Crippen LogP contribution in [0.15, 0.2) is 30.7 Å². The first-order valence-corrected chi connectivity index (χ1v) is 7.88. The van der Waals surface area contributed by atoms with Gasteiger partial charge in [0, 0.05) is 25.5 Å². The topological polar surface area (TPSA) is 62.2 Å². The number of anilines is 2. The number of urea groups is 1. The highest BCUT2D eigenvalue weighted by molar-refractivity contribution is 6.05. The van der Waals surface area contributed by atoms with Gasteiger partial charge in [-0.15, -0.1) is 0 Å². The number of amides is 2. The lowest BCUT2D eigenvalue weighted by Crippen LogP contribution is -2.33. The Morgan fingerprint density at radius 1 is 1.08 bits per heavy atom. The van der Waals surface area contributed by atoms with E-state index in [2.05, 4.69) is 15.0 Å². The molecule has 1 aliphatic heterocycles. The maximum atomic E-state index is 12.8. The fourth-order valence-electron chi connectivity index (χ4n) is 2.94. The van der Waals surface area contributed by atoms with E-state index in [1.54, 1.807) is 12.4 Å². The predicted octanol–water partition coefficient (Wildman–Crippen LogP) is 3.21. The maximum Gasteiger partial charge on any atom is 0.433 e. The molecule has 2 aromatic heterocycles. The predicted molar refractivity (Wildman–Crippen MR) is 83.3 cm³/mol. The van der Waals surface area contributed by atoms with Crippen LogP contribution in [0.1, 0.15) is 30.0 Å². The van der Waals surface area contributed by atoms with Crippen LogP contribution >= 0.6 is 0 Å². The van der Waals surface area contributed by atoms with Crippen molar-refractivity contribution >= 4 is 17.7 Å². The van der Waals surface area contributed by atoms with E-state index >= 15 is 0 Å². The molecule has 25 heavy (non-hydrogen) atoms. The van der Waals surface area contributed by atoms with Crippen LogP contribution in [0.2, 0.25) is 0 Å². The lowest BCUT2D eigenvalue weighted by atomic mass is 10.1. The van der Waals surface area contributed by atoms with Gasteiger partial charge in [-0.05, 0) is 36.5 Å². The van der Waals surface area contributed by atoms with Crippen LogP contribution in [-0.4, -0.2) is 34.1 Å². The Labute approximate surface area is 141 Å². The molecule has 2 amide bonds. The molecule has 0 aromatic carbocycles. The lowest BCUT2D eigenvalue weighted by Gasteiger charge is -2.20. The fourth-order valence-corrected chi connectivity index (χ4v) is 2.94. The van der Waals surface area contributed by atoms with Gasteiger partial charge in [-0.3, -0.25) is 14.8 Å². The summed E-state index contributed by atoms with van der Waals surface area (Å²) >= 11 is 0. The van der Waals surface area contributed by atoms with Gasteiger partial charge in [0.1, 0.15) is 5.69 Å². The first kappa shape index (κ1) is 15.8. The molecule has 0 radical (unpaired) electrons. The molecule has 9 heteroatoms. The van der Waals surface area contributed by atoms with Crippen molar-refractivity contribution in [1.29, 1.82) is 0 Å². The van der Waals surface area contributed by atoms with Gasteiger partial charge in [0.05, 0.1) is 11.9 Å². The Morgan fingerprint density at radius 2 is 1.84 bits per heavy atom. The van der Waals surface area contributed by atoms with Gasteiger partial charge >= 0.3 is 12.2 Å². The number of carbonyl (C=O) groups excluding carboxylic acids is 1. The highest BCUT2D eigenvalue weighted by Crippen LogP contribution is 2.44. The Balaban J connectivity index is 1.63. The van der Waals surface area contributed by atoms with Crippen LogP contribution in [0, 0.1) is 0 Å². The largest absolute Gasteiger partial charge is 0.433 e. The normalized spacial score (nSPS) is 18.1. The van der Waals surface area contributed by atoms with E-state index in [9.17, 15) is 18.0 Å². The number of carbonyl (C=O) groups is 1. The number of rotatable bonds is 3. The van der Waals surface area contributed by atoms with E-state index in [-0.39, 0.29) is 12.5 Å². The number of hydrogen-bond acceptors (Lipinski definition) is 4. The lowest BCUT2D eigenvalue weighted by molar-refractivity contribution is -0.141. The van der Waals surface area contributed by atoms with Crippen LogP contribution in [0.25, 0.3) is 0 Å². The molecule has 0 unspecified atom stereocenters. The van der Waals surface area contributed by atoms with E-state index in [4.69, 9.17) is 0 Å². The summed E-state index contributed by atoms with van der Waals surface area (Å²) < 4.78 is 38.5. The number of nitrogens with zero attached hydrogens (tertiary/aromatic N) is 5. The summed E-state index contributed by atoms with van der Waals surface area (Å²) in [5.41, 5.74) is 0.698. The molecule has 2 aromatic rings. The van der Waals surface area contributed by atoms with E-state index in [0.717, 1.165) is 30.7 Å². The molecule has 6 nitrogen and oxygen atoms in total. The third-order valence-electron chi connectivity index (χ3n) is 4.32. The Hall–Kier alpha value is -2.71. The molecular formula is C16H14F3N5O. The maximum absolute atomic E-state index is 12.8. The SMILES string of the molecule is O=C1N(c2nccc(C(F)(F)F)n2)CCN1c1cnccc1C1CC1. The molecular weight excluding hydrogens is 335 g/mol. The van der Waals surface area contributed by atoms with Crippen molar-refractivity contribution in [2.75, 3.05) is 22.9 Å². The van der Waals surface area contributed by atoms with E-state index in [1.807, 2.05) is 6.07 Å². The number of pyridine rings is 1. The second-order valence-electron chi connectivity index (χ2n) is 6.03. The molecule has 0 atom stereocenters. The highest BCUT2D eigenvalue weighted by atomic mass is 19.4. The van der Waals surface area contributed by atoms with Crippen molar-refractivity contribution in [2.24, 2.45) is 0 Å². The van der Waals surface area contributed by atoms with Gasteiger partial charge in [-0.2, -0.15) is 13.2 Å². The first-order valence-electron chi connectivity index (χ1n) is 7.88. The molecule has 0 bridgehead atoms. The van der Waals surface area contributed by atoms with Crippen LogP contribution < -0.4 is 9.80 Å². The molecule has 2 aliphatic rings. The van der Waals surface area contributed by atoms with Crippen molar-refractivity contribution in [2.45, 2.75) is 24.9 Å². The molecule has 0 spiro atoms. The minimum Gasteiger partial charge on any atom is -0.290 e. The Kier molecular flexibility index (Phi) is 3.59. The summed E-state index contributed by atoms with van der Waals surface area (Å²) in [7, 11) is 0. The standard InChI is InChI=1S/C16H14F3N5O/c17-16(18,19)13-4-6-21-14(22-13)24-8-7-23(15(24)25)12-9-20-5-3-11(12)10-1-2-10/h3-6,9-10H,1-2,7-8H2. The van der Waals surface area contributed by atoms with E-state index in [0.29, 0.717) is 18.2 Å². The summed E-state index contributed by atoms with van der Waals surface area (Å²) in [4.78, 5) is 26.8. The smallest absolute Gasteiger partial charge is 0.290 e. The Morgan fingerprint density at radius 3 is 2.56 bits per heavy atom. The molecule has 0 N–H and O–H groups in total. The van der Waals surface area contributed by atoms with Gasteiger partial charge in [-0.1, -0.05) is 0 Å². The molecule has 3 heterocycles. The van der Waals surface area contributed by atoms with Crippen molar-refractivity contribution in [3.8, 4) is 0 Å². The summed E-state index contributed by atoms with van der Waals surface area (Å²) in [6, 6.07) is 2.24. The third kappa shape index (κ3) is 2.90. The quantitative estimate of drug-likeness (QED) is 0.854. The summed E-state index contributed by atoms with van der Waals surface area (Å²) in [5.74, 6) is 0.184.